The standard InChI is InChI=1S/C18H9FN2O5S.C2H6/c19-11-8-10(21(23)24)3-4-13(11)26-15-5-6-20-12-9-16(27-18(12)15)17(22)14-2-1-7-25-14;1-2/h1-9H;1-2H3. The molecule has 0 aliphatic carbocycles. The third-order valence-electron chi connectivity index (χ3n) is 3.69. The second kappa shape index (κ2) is 8.61. The van der Waals surface area contributed by atoms with Crippen molar-refractivity contribution in [3.8, 4) is 11.5 Å². The van der Waals surface area contributed by atoms with E-state index in [9.17, 15) is 19.3 Å². The largest absolute Gasteiger partial charge is 0.461 e. The predicted octanol–water partition coefficient (Wildman–Crippen LogP) is 5.99. The van der Waals surface area contributed by atoms with Gasteiger partial charge in [0.25, 0.3) is 5.69 Å². The smallest absolute Gasteiger partial charge is 0.272 e. The maximum atomic E-state index is 14.1. The number of carbonyl (C=O) groups is 1. The van der Waals surface area contributed by atoms with Crippen molar-refractivity contribution < 1.29 is 23.3 Å². The lowest BCUT2D eigenvalue weighted by atomic mass is 10.2. The van der Waals surface area contributed by atoms with Crippen LogP contribution in [0, 0.1) is 15.9 Å². The monoisotopic (exact) mass is 414 g/mol. The summed E-state index contributed by atoms with van der Waals surface area (Å²) in [5.74, 6) is -0.838. The molecule has 9 heteroatoms. The van der Waals surface area contributed by atoms with Gasteiger partial charge in [0, 0.05) is 18.3 Å². The minimum absolute atomic E-state index is 0.166. The first-order valence-corrected chi connectivity index (χ1v) is 9.43. The molecule has 4 aromatic rings. The summed E-state index contributed by atoms with van der Waals surface area (Å²) in [7, 11) is 0. The van der Waals surface area contributed by atoms with E-state index >= 15 is 0 Å². The summed E-state index contributed by atoms with van der Waals surface area (Å²) in [5, 5.41) is 10.7. The van der Waals surface area contributed by atoms with Gasteiger partial charge in [-0.25, -0.2) is 4.39 Å². The highest BCUT2D eigenvalue weighted by Crippen LogP contribution is 2.36. The zero-order valence-corrected chi connectivity index (χ0v) is 16.2. The number of non-ortho nitro benzene ring substituents is 1. The van der Waals surface area contributed by atoms with E-state index in [0.717, 1.165) is 23.5 Å². The van der Waals surface area contributed by atoms with Crippen molar-refractivity contribution in [1.29, 1.82) is 0 Å². The Balaban J connectivity index is 0.00000117. The van der Waals surface area contributed by atoms with Crippen molar-refractivity contribution in [3.05, 3.63) is 81.5 Å². The Morgan fingerprint density at radius 1 is 1.21 bits per heavy atom. The summed E-state index contributed by atoms with van der Waals surface area (Å²) in [6.07, 6.45) is 2.87. The van der Waals surface area contributed by atoms with Crippen LogP contribution < -0.4 is 4.74 Å². The number of ketones is 1. The van der Waals surface area contributed by atoms with Gasteiger partial charge >= 0.3 is 0 Å². The van der Waals surface area contributed by atoms with Crippen LogP contribution in [0.5, 0.6) is 11.5 Å². The number of hydrogen-bond donors (Lipinski definition) is 0. The van der Waals surface area contributed by atoms with E-state index in [0.29, 0.717) is 15.1 Å². The number of ether oxygens (including phenoxy) is 1. The van der Waals surface area contributed by atoms with Gasteiger partial charge < -0.3 is 9.15 Å². The minimum atomic E-state index is -0.863. The predicted molar refractivity (Wildman–Crippen MR) is 106 cm³/mol. The molecule has 0 atom stereocenters. The lowest BCUT2D eigenvalue weighted by molar-refractivity contribution is -0.385. The molecule has 3 heterocycles. The number of furan rings is 1. The highest BCUT2D eigenvalue weighted by atomic mass is 32.1. The van der Waals surface area contributed by atoms with Gasteiger partial charge in [0.2, 0.25) is 5.78 Å². The van der Waals surface area contributed by atoms with Gasteiger partial charge in [-0.3, -0.25) is 19.9 Å². The number of benzene rings is 1. The number of nitrogens with zero attached hydrogens (tertiary/aromatic N) is 2. The van der Waals surface area contributed by atoms with Crippen molar-refractivity contribution >= 4 is 33.0 Å². The number of nitro benzene ring substituents is 1. The molecule has 29 heavy (non-hydrogen) atoms. The Hall–Kier alpha value is -3.59. The van der Waals surface area contributed by atoms with E-state index < -0.39 is 10.7 Å². The van der Waals surface area contributed by atoms with E-state index in [1.54, 1.807) is 18.2 Å². The molecule has 7 nitrogen and oxygen atoms in total. The van der Waals surface area contributed by atoms with Crippen molar-refractivity contribution in [2.75, 3.05) is 0 Å². The Morgan fingerprint density at radius 2 is 2.00 bits per heavy atom. The topological polar surface area (TPSA) is 95.5 Å². The lowest BCUT2D eigenvalue weighted by Crippen LogP contribution is -1.95. The quantitative estimate of drug-likeness (QED) is 0.226. The van der Waals surface area contributed by atoms with E-state index in [1.165, 1.54) is 24.6 Å². The fourth-order valence-electron chi connectivity index (χ4n) is 2.44. The number of thiophene rings is 1. The van der Waals surface area contributed by atoms with Crippen LogP contribution in [-0.2, 0) is 0 Å². The zero-order chi connectivity index (χ0) is 21.0. The second-order valence-corrected chi connectivity index (χ2v) is 6.47. The number of halogens is 1. The lowest BCUT2D eigenvalue weighted by Gasteiger charge is -2.07. The van der Waals surface area contributed by atoms with Crippen LogP contribution >= 0.6 is 11.3 Å². The molecule has 0 radical (unpaired) electrons. The number of fused-ring (bicyclic) bond motifs is 1. The van der Waals surface area contributed by atoms with E-state index in [1.807, 2.05) is 13.8 Å². The molecule has 0 fully saturated rings. The minimum Gasteiger partial charge on any atom is -0.461 e. The molecule has 0 N–H and O–H groups in total. The molecule has 0 amide bonds. The van der Waals surface area contributed by atoms with Gasteiger partial charge in [-0.2, -0.15) is 0 Å². The van der Waals surface area contributed by atoms with Gasteiger partial charge in [-0.1, -0.05) is 13.8 Å². The average molecular weight is 414 g/mol. The summed E-state index contributed by atoms with van der Waals surface area (Å²) in [4.78, 5) is 27.0. The SMILES string of the molecule is CC.O=C(c1ccco1)c1cc2nccc(Oc3ccc([N+](=O)[O-])cc3F)c2s1. The van der Waals surface area contributed by atoms with Gasteiger partial charge in [-0.05, 0) is 24.3 Å². The molecular weight excluding hydrogens is 399 g/mol. The summed E-state index contributed by atoms with van der Waals surface area (Å²) in [6.45, 7) is 4.00. The molecule has 4 rings (SSSR count). The highest BCUT2D eigenvalue weighted by Gasteiger charge is 2.19. The average Bonchev–Trinajstić information content (AvgIpc) is 3.41. The van der Waals surface area contributed by atoms with E-state index in [4.69, 9.17) is 9.15 Å². The van der Waals surface area contributed by atoms with Gasteiger partial charge in [0.05, 0.1) is 32.3 Å². The molecule has 0 saturated carbocycles. The number of carbonyl (C=O) groups excluding carboxylic acids is 1. The molecule has 148 valence electrons. The number of hydrogen-bond acceptors (Lipinski definition) is 7. The van der Waals surface area contributed by atoms with Gasteiger partial charge in [0.1, 0.15) is 5.75 Å². The zero-order valence-electron chi connectivity index (χ0n) is 15.4. The normalized spacial score (nSPS) is 10.3. The third-order valence-corrected chi connectivity index (χ3v) is 4.83. The molecular formula is C20H15FN2O5S. The molecule has 0 bridgehead atoms. The molecule has 1 aromatic carbocycles. The summed E-state index contributed by atoms with van der Waals surface area (Å²) < 4.78 is 25.4. The van der Waals surface area contributed by atoms with Crippen LogP contribution in [0.2, 0.25) is 0 Å². The van der Waals surface area contributed by atoms with Crippen LogP contribution in [0.1, 0.15) is 29.3 Å². The van der Waals surface area contributed by atoms with Crippen LogP contribution in [0.4, 0.5) is 10.1 Å². The first-order chi connectivity index (χ1) is 14.0. The highest BCUT2D eigenvalue weighted by molar-refractivity contribution is 7.21. The Kier molecular flexibility index (Phi) is 5.99. The van der Waals surface area contributed by atoms with Crippen molar-refractivity contribution in [2.24, 2.45) is 0 Å². The molecule has 3 aromatic heterocycles. The molecule has 0 aliphatic rings. The maximum absolute atomic E-state index is 14.1. The van der Waals surface area contributed by atoms with E-state index in [2.05, 4.69) is 4.98 Å². The summed E-state index contributed by atoms with van der Waals surface area (Å²) >= 11 is 1.14. The fourth-order valence-corrected chi connectivity index (χ4v) is 3.45. The number of nitro groups is 1. The maximum Gasteiger partial charge on any atom is 0.272 e. The van der Waals surface area contributed by atoms with Crippen molar-refractivity contribution in [3.63, 3.8) is 0 Å². The molecule has 0 aliphatic heterocycles. The van der Waals surface area contributed by atoms with Gasteiger partial charge in [-0.15, -0.1) is 11.3 Å². The Labute approximate surface area is 168 Å². The Morgan fingerprint density at radius 3 is 2.66 bits per heavy atom. The van der Waals surface area contributed by atoms with Crippen molar-refractivity contribution in [2.45, 2.75) is 13.8 Å². The number of pyridine rings is 1. The first-order valence-electron chi connectivity index (χ1n) is 8.61. The first kappa shape index (κ1) is 20.2. The molecule has 0 spiro atoms. The summed E-state index contributed by atoms with van der Waals surface area (Å²) in [5.41, 5.74) is 0.136. The van der Waals surface area contributed by atoms with Gasteiger partial charge in [0.15, 0.2) is 17.3 Å². The van der Waals surface area contributed by atoms with Crippen LogP contribution in [0.25, 0.3) is 10.2 Å². The van der Waals surface area contributed by atoms with Crippen LogP contribution in [-0.4, -0.2) is 15.7 Å². The third kappa shape index (κ3) is 4.14. The Bertz CT molecular complexity index is 1170. The van der Waals surface area contributed by atoms with Crippen LogP contribution in [0.15, 0.2) is 59.3 Å². The second-order valence-electron chi connectivity index (χ2n) is 5.41. The van der Waals surface area contributed by atoms with Crippen molar-refractivity contribution in [1.82, 2.24) is 4.98 Å². The number of rotatable bonds is 5. The summed E-state index contributed by atoms with van der Waals surface area (Å²) in [6, 6.07) is 9.42. The van der Waals surface area contributed by atoms with E-state index in [-0.39, 0.29) is 28.7 Å². The fraction of sp³-hybridized carbons (Fsp3) is 0.100. The molecule has 0 unspecified atom stereocenters. The number of aromatic nitrogens is 1. The van der Waals surface area contributed by atoms with Crippen LogP contribution in [0.3, 0.4) is 0 Å². The molecule has 0 saturated heterocycles.